The first-order valence-corrected chi connectivity index (χ1v) is 6.60. The number of pyridine rings is 1. The normalized spacial score (nSPS) is 11.9. The number of imidazole rings is 1. The second-order valence-corrected chi connectivity index (χ2v) is 5.89. The molecule has 0 amide bonds. The highest BCUT2D eigenvalue weighted by Gasteiger charge is 2.24. The van der Waals surface area contributed by atoms with Crippen LogP contribution in [0.15, 0.2) is 42.6 Å². The average molecular weight is 267 g/mol. The van der Waals surface area contributed by atoms with Gasteiger partial charge in [-0.15, -0.1) is 0 Å². The molecule has 2 heterocycles. The van der Waals surface area contributed by atoms with E-state index in [-0.39, 0.29) is 11.2 Å². The van der Waals surface area contributed by atoms with Crippen molar-refractivity contribution in [2.75, 3.05) is 0 Å². The van der Waals surface area contributed by atoms with E-state index in [1.165, 1.54) is 0 Å². The van der Waals surface area contributed by atoms with Crippen molar-refractivity contribution < 1.29 is 5.11 Å². The van der Waals surface area contributed by atoms with Gasteiger partial charge in [0.15, 0.2) is 5.65 Å². The number of fused-ring (bicyclic) bond motifs is 1. The number of aromatic nitrogens is 3. The Hall–Kier alpha value is -2.36. The van der Waals surface area contributed by atoms with Crippen molar-refractivity contribution in [3.8, 4) is 11.4 Å². The summed E-state index contributed by atoms with van der Waals surface area (Å²) in [7, 11) is 0. The van der Waals surface area contributed by atoms with Gasteiger partial charge in [0, 0.05) is 17.7 Å². The lowest BCUT2D eigenvalue weighted by Gasteiger charge is -2.20. The zero-order chi connectivity index (χ0) is 14.3. The first-order chi connectivity index (χ1) is 9.47. The first-order valence-electron chi connectivity index (χ1n) is 6.60. The van der Waals surface area contributed by atoms with Crippen LogP contribution in [-0.4, -0.2) is 19.6 Å². The highest BCUT2D eigenvalue weighted by molar-refractivity contribution is 5.74. The summed E-state index contributed by atoms with van der Waals surface area (Å²) >= 11 is 0. The molecule has 0 aliphatic carbocycles. The number of phenols is 1. The molecule has 1 aromatic carbocycles. The van der Waals surface area contributed by atoms with E-state index in [2.05, 4.69) is 25.8 Å². The van der Waals surface area contributed by atoms with E-state index in [1.54, 1.807) is 18.3 Å². The third-order valence-corrected chi connectivity index (χ3v) is 3.17. The lowest BCUT2D eigenvalue weighted by Crippen LogP contribution is -2.18. The molecule has 102 valence electrons. The van der Waals surface area contributed by atoms with Gasteiger partial charge in [0.1, 0.15) is 17.1 Å². The van der Waals surface area contributed by atoms with Crippen LogP contribution in [0, 0.1) is 0 Å². The van der Waals surface area contributed by atoms with Gasteiger partial charge < -0.3 is 5.11 Å². The average Bonchev–Trinajstić information content (AvgIpc) is 2.78. The van der Waals surface area contributed by atoms with E-state index in [4.69, 9.17) is 4.98 Å². The predicted octanol–water partition coefficient (Wildman–Crippen LogP) is 3.42. The predicted molar refractivity (Wildman–Crippen MR) is 79.2 cm³/mol. The fraction of sp³-hybridized carbons (Fsp3) is 0.250. The van der Waals surface area contributed by atoms with Crippen LogP contribution < -0.4 is 0 Å². The molecule has 0 aliphatic heterocycles. The van der Waals surface area contributed by atoms with Gasteiger partial charge in [-0.25, -0.2) is 9.97 Å². The Balaban J connectivity index is 2.37. The largest absolute Gasteiger partial charge is 0.508 e. The molecule has 0 saturated heterocycles. The summed E-state index contributed by atoms with van der Waals surface area (Å²) in [5.41, 5.74) is 2.42. The summed E-state index contributed by atoms with van der Waals surface area (Å²) < 4.78 is 2.01. The van der Waals surface area contributed by atoms with E-state index in [0.29, 0.717) is 0 Å². The zero-order valence-corrected chi connectivity index (χ0v) is 11.8. The van der Waals surface area contributed by atoms with Crippen molar-refractivity contribution >= 4 is 11.2 Å². The molecule has 4 heteroatoms. The number of hydrogen-bond donors (Lipinski definition) is 1. The Morgan fingerprint density at radius 1 is 1.10 bits per heavy atom. The third-order valence-electron chi connectivity index (χ3n) is 3.17. The fourth-order valence-electron chi connectivity index (χ4n) is 2.29. The lowest BCUT2D eigenvalue weighted by molar-refractivity contribution is 0.474. The molecule has 2 aromatic heterocycles. The summed E-state index contributed by atoms with van der Waals surface area (Å²) in [6.07, 6.45) is 1.76. The van der Waals surface area contributed by atoms with Crippen molar-refractivity contribution in [2.24, 2.45) is 0 Å². The number of nitrogens with zero attached hydrogens (tertiary/aromatic N) is 3. The number of rotatable bonds is 1. The molecular weight excluding hydrogens is 250 g/mol. The molecule has 3 rings (SSSR count). The van der Waals surface area contributed by atoms with Gasteiger partial charge in [-0.1, -0.05) is 26.8 Å². The monoisotopic (exact) mass is 267 g/mol. The highest BCUT2D eigenvalue weighted by Crippen LogP contribution is 2.29. The minimum Gasteiger partial charge on any atom is -0.508 e. The van der Waals surface area contributed by atoms with Crippen LogP contribution in [0.5, 0.6) is 5.75 Å². The summed E-state index contributed by atoms with van der Waals surface area (Å²) in [6, 6.07) is 11.0. The maximum Gasteiger partial charge on any atom is 0.164 e. The summed E-state index contributed by atoms with van der Waals surface area (Å²) in [5.74, 6) is 1.16. The van der Waals surface area contributed by atoms with Crippen LogP contribution >= 0.6 is 0 Å². The first kappa shape index (κ1) is 12.7. The van der Waals surface area contributed by atoms with Crippen molar-refractivity contribution in [3.63, 3.8) is 0 Å². The Morgan fingerprint density at radius 2 is 1.90 bits per heavy atom. The SMILES string of the molecule is CC(C)(C)c1nc2cccnc2n1-c1cccc(O)c1. The van der Waals surface area contributed by atoms with E-state index in [1.807, 2.05) is 28.8 Å². The quantitative estimate of drug-likeness (QED) is 0.735. The number of hydrogen-bond acceptors (Lipinski definition) is 3. The van der Waals surface area contributed by atoms with E-state index in [9.17, 15) is 5.11 Å². The number of phenolic OH excluding ortho intramolecular Hbond substituents is 1. The van der Waals surface area contributed by atoms with Crippen LogP contribution in [0.3, 0.4) is 0 Å². The van der Waals surface area contributed by atoms with Crippen molar-refractivity contribution in [1.82, 2.24) is 14.5 Å². The molecule has 0 fully saturated rings. The second kappa shape index (κ2) is 4.34. The van der Waals surface area contributed by atoms with E-state index in [0.717, 1.165) is 22.7 Å². The van der Waals surface area contributed by atoms with Crippen molar-refractivity contribution in [2.45, 2.75) is 26.2 Å². The van der Waals surface area contributed by atoms with Crippen LogP contribution in [-0.2, 0) is 5.41 Å². The van der Waals surface area contributed by atoms with Gasteiger partial charge in [0.2, 0.25) is 0 Å². The molecule has 20 heavy (non-hydrogen) atoms. The summed E-state index contributed by atoms with van der Waals surface area (Å²) in [4.78, 5) is 9.15. The third kappa shape index (κ3) is 2.03. The molecule has 0 saturated carbocycles. The molecule has 4 nitrogen and oxygen atoms in total. The van der Waals surface area contributed by atoms with Crippen LogP contribution in [0.1, 0.15) is 26.6 Å². The lowest BCUT2D eigenvalue weighted by atomic mass is 9.95. The maximum atomic E-state index is 9.72. The minimum atomic E-state index is -0.119. The summed E-state index contributed by atoms with van der Waals surface area (Å²) in [6.45, 7) is 6.36. The van der Waals surface area contributed by atoms with Crippen molar-refractivity contribution in [1.29, 1.82) is 0 Å². The number of benzene rings is 1. The smallest absolute Gasteiger partial charge is 0.164 e. The second-order valence-electron chi connectivity index (χ2n) is 5.89. The zero-order valence-electron chi connectivity index (χ0n) is 11.8. The molecular formula is C16H17N3O. The van der Waals surface area contributed by atoms with Crippen LogP contribution in [0.4, 0.5) is 0 Å². The van der Waals surface area contributed by atoms with Gasteiger partial charge in [-0.3, -0.25) is 4.57 Å². The van der Waals surface area contributed by atoms with Crippen LogP contribution in [0.2, 0.25) is 0 Å². The topological polar surface area (TPSA) is 50.9 Å². The molecule has 0 radical (unpaired) electrons. The standard InChI is InChI=1S/C16H17N3O/c1-16(2,3)15-18-13-8-5-9-17-14(13)19(15)11-6-4-7-12(20)10-11/h4-10,20H,1-3H3. The fourth-order valence-corrected chi connectivity index (χ4v) is 2.29. The van der Waals surface area contributed by atoms with E-state index >= 15 is 0 Å². The van der Waals surface area contributed by atoms with Gasteiger partial charge in [-0.2, -0.15) is 0 Å². The Labute approximate surface area is 117 Å². The van der Waals surface area contributed by atoms with Crippen molar-refractivity contribution in [3.05, 3.63) is 48.4 Å². The highest BCUT2D eigenvalue weighted by atomic mass is 16.3. The molecule has 3 aromatic rings. The van der Waals surface area contributed by atoms with Crippen LogP contribution in [0.25, 0.3) is 16.9 Å². The molecule has 0 aliphatic rings. The Bertz CT molecular complexity index is 769. The van der Waals surface area contributed by atoms with E-state index < -0.39 is 0 Å². The van der Waals surface area contributed by atoms with Gasteiger partial charge in [-0.05, 0) is 24.3 Å². The molecule has 0 spiro atoms. The van der Waals surface area contributed by atoms with Gasteiger partial charge in [0.05, 0.1) is 5.69 Å². The summed E-state index contributed by atoms with van der Waals surface area (Å²) in [5, 5.41) is 9.72. The molecule has 0 unspecified atom stereocenters. The van der Waals surface area contributed by atoms with Gasteiger partial charge >= 0.3 is 0 Å². The Kier molecular flexibility index (Phi) is 2.74. The number of aromatic hydroxyl groups is 1. The van der Waals surface area contributed by atoms with Gasteiger partial charge in [0.25, 0.3) is 0 Å². The molecule has 1 N–H and O–H groups in total. The Morgan fingerprint density at radius 3 is 2.60 bits per heavy atom. The molecule has 0 bridgehead atoms. The molecule has 0 atom stereocenters. The minimum absolute atomic E-state index is 0.119. The maximum absolute atomic E-state index is 9.72.